The van der Waals surface area contributed by atoms with Crippen molar-refractivity contribution in [1.29, 1.82) is 0 Å². The molecule has 1 saturated carbocycles. The number of carbonyl (C=O) groups is 1. The first-order valence-electron chi connectivity index (χ1n) is 9.56. The number of rotatable bonds is 7. The van der Waals surface area contributed by atoms with E-state index in [9.17, 15) is 4.79 Å². The standard InChI is InChI=1S/C21H26N2OS2/c24-21(23-11-9-17(10-12-23)22-14-16-7-8-16)19-5-1-2-6-20(19)26-15-18-4-3-13-25-18/h1-6,13,16-17,22H,7-12,14-15H2. The highest BCUT2D eigenvalue weighted by Gasteiger charge is 2.27. The fraction of sp³-hybridized carbons (Fsp3) is 0.476. The van der Waals surface area contributed by atoms with E-state index in [-0.39, 0.29) is 5.91 Å². The maximum atomic E-state index is 13.1. The Hall–Kier alpha value is -1.30. The van der Waals surface area contributed by atoms with Gasteiger partial charge >= 0.3 is 0 Å². The van der Waals surface area contributed by atoms with Crippen molar-refractivity contribution in [2.45, 2.75) is 42.4 Å². The first kappa shape index (κ1) is 18.1. The van der Waals surface area contributed by atoms with Crippen molar-refractivity contribution in [3.8, 4) is 0 Å². The summed E-state index contributed by atoms with van der Waals surface area (Å²) in [5.41, 5.74) is 0.860. The second-order valence-electron chi connectivity index (χ2n) is 7.28. The molecule has 1 aromatic carbocycles. The van der Waals surface area contributed by atoms with Gasteiger partial charge in [0.2, 0.25) is 0 Å². The van der Waals surface area contributed by atoms with Gasteiger partial charge in [0.05, 0.1) is 5.56 Å². The molecule has 5 heteroatoms. The van der Waals surface area contributed by atoms with E-state index < -0.39 is 0 Å². The highest BCUT2D eigenvalue weighted by atomic mass is 32.2. The van der Waals surface area contributed by atoms with E-state index in [1.54, 1.807) is 23.1 Å². The number of benzene rings is 1. The number of likely N-dealkylation sites (tertiary alicyclic amines) is 1. The van der Waals surface area contributed by atoms with E-state index in [2.05, 4.69) is 28.9 Å². The van der Waals surface area contributed by atoms with E-state index in [1.807, 2.05) is 23.1 Å². The summed E-state index contributed by atoms with van der Waals surface area (Å²) in [6.45, 7) is 2.90. The molecule has 2 fully saturated rings. The molecule has 0 spiro atoms. The minimum atomic E-state index is 0.194. The number of hydrogen-bond acceptors (Lipinski definition) is 4. The van der Waals surface area contributed by atoms with Gasteiger partial charge in [-0.3, -0.25) is 4.79 Å². The zero-order valence-corrected chi connectivity index (χ0v) is 16.7. The molecule has 138 valence electrons. The van der Waals surface area contributed by atoms with Crippen LogP contribution in [0.3, 0.4) is 0 Å². The van der Waals surface area contributed by atoms with Crippen LogP contribution in [0.1, 0.15) is 40.9 Å². The van der Waals surface area contributed by atoms with Crippen molar-refractivity contribution in [1.82, 2.24) is 10.2 Å². The highest BCUT2D eigenvalue weighted by molar-refractivity contribution is 7.98. The summed E-state index contributed by atoms with van der Waals surface area (Å²) >= 11 is 3.54. The van der Waals surface area contributed by atoms with Crippen molar-refractivity contribution >= 4 is 29.0 Å². The van der Waals surface area contributed by atoms with Crippen LogP contribution in [-0.4, -0.2) is 36.5 Å². The van der Waals surface area contributed by atoms with Crippen molar-refractivity contribution in [3.05, 3.63) is 52.2 Å². The van der Waals surface area contributed by atoms with Crippen LogP contribution < -0.4 is 5.32 Å². The predicted octanol–water partition coefficient (Wildman–Crippen LogP) is 4.64. The van der Waals surface area contributed by atoms with Crippen LogP contribution in [0.5, 0.6) is 0 Å². The second-order valence-corrected chi connectivity index (χ2v) is 9.33. The van der Waals surface area contributed by atoms with Gasteiger partial charge in [-0.1, -0.05) is 18.2 Å². The van der Waals surface area contributed by atoms with Gasteiger partial charge < -0.3 is 10.2 Å². The quantitative estimate of drug-likeness (QED) is 0.703. The van der Waals surface area contributed by atoms with Gasteiger partial charge in [-0.25, -0.2) is 0 Å². The van der Waals surface area contributed by atoms with Crippen molar-refractivity contribution in [2.24, 2.45) is 5.92 Å². The second kappa shape index (κ2) is 8.59. The summed E-state index contributed by atoms with van der Waals surface area (Å²) in [5.74, 6) is 2.04. The molecular formula is C21H26N2OS2. The number of hydrogen-bond donors (Lipinski definition) is 1. The maximum absolute atomic E-state index is 13.1. The summed E-state index contributed by atoms with van der Waals surface area (Å²) in [6, 6.07) is 12.9. The minimum absolute atomic E-state index is 0.194. The summed E-state index contributed by atoms with van der Waals surface area (Å²) in [6.07, 6.45) is 4.93. The number of nitrogens with one attached hydrogen (secondary N) is 1. The maximum Gasteiger partial charge on any atom is 0.254 e. The Balaban J connectivity index is 1.34. The number of nitrogens with zero attached hydrogens (tertiary/aromatic N) is 1. The number of thioether (sulfide) groups is 1. The number of amides is 1. The molecule has 1 aromatic heterocycles. The topological polar surface area (TPSA) is 32.3 Å². The SMILES string of the molecule is O=C(c1ccccc1SCc1cccs1)N1CCC(NCC2CC2)CC1. The molecule has 2 aromatic rings. The largest absolute Gasteiger partial charge is 0.338 e. The van der Waals surface area contributed by atoms with Crippen LogP contribution in [0.15, 0.2) is 46.7 Å². The van der Waals surface area contributed by atoms with Crippen LogP contribution in [0, 0.1) is 5.92 Å². The number of piperidine rings is 1. The Morgan fingerprint density at radius 3 is 2.65 bits per heavy atom. The summed E-state index contributed by atoms with van der Waals surface area (Å²) in [4.78, 5) is 17.5. The molecule has 0 atom stereocenters. The fourth-order valence-electron chi connectivity index (χ4n) is 3.43. The van der Waals surface area contributed by atoms with Crippen molar-refractivity contribution in [3.63, 3.8) is 0 Å². The molecule has 0 unspecified atom stereocenters. The molecule has 2 aliphatic rings. The fourth-order valence-corrected chi connectivity index (χ4v) is 5.24. The van der Waals surface area contributed by atoms with Crippen LogP contribution in [0.2, 0.25) is 0 Å². The molecule has 1 saturated heterocycles. The monoisotopic (exact) mass is 386 g/mol. The van der Waals surface area contributed by atoms with Gasteiger partial charge in [0.1, 0.15) is 0 Å². The third kappa shape index (κ3) is 4.70. The lowest BCUT2D eigenvalue weighted by Crippen LogP contribution is -2.45. The molecule has 26 heavy (non-hydrogen) atoms. The average molecular weight is 387 g/mol. The van der Waals surface area contributed by atoms with E-state index in [4.69, 9.17) is 0 Å². The van der Waals surface area contributed by atoms with E-state index in [0.717, 1.165) is 48.1 Å². The molecule has 4 rings (SSSR count). The summed E-state index contributed by atoms with van der Waals surface area (Å²) in [7, 11) is 0. The van der Waals surface area contributed by atoms with Crippen LogP contribution in [-0.2, 0) is 5.75 Å². The predicted molar refractivity (Wildman–Crippen MR) is 110 cm³/mol. The third-order valence-corrected chi connectivity index (χ3v) is 7.42. The van der Waals surface area contributed by atoms with E-state index in [1.165, 1.54) is 24.3 Å². The summed E-state index contributed by atoms with van der Waals surface area (Å²) < 4.78 is 0. The average Bonchev–Trinajstić information content (AvgIpc) is 3.38. The lowest BCUT2D eigenvalue weighted by Gasteiger charge is -2.33. The van der Waals surface area contributed by atoms with Gasteiger partial charge in [-0.05, 0) is 61.7 Å². The number of carbonyl (C=O) groups excluding carboxylic acids is 1. The molecule has 1 N–H and O–H groups in total. The Kier molecular flexibility index (Phi) is 5.98. The van der Waals surface area contributed by atoms with Gasteiger partial charge in [-0.2, -0.15) is 0 Å². The smallest absolute Gasteiger partial charge is 0.254 e. The first-order valence-corrected chi connectivity index (χ1v) is 11.4. The zero-order valence-electron chi connectivity index (χ0n) is 15.0. The van der Waals surface area contributed by atoms with Crippen LogP contribution >= 0.6 is 23.1 Å². The first-order chi connectivity index (χ1) is 12.8. The third-order valence-electron chi connectivity index (χ3n) is 5.24. The molecule has 1 aliphatic carbocycles. The van der Waals surface area contributed by atoms with Crippen molar-refractivity contribution < 1.29 is 4.79 Å². The van der Waals surface area contributed by atoms with Crippen molar-refractivity contribution in [2.75, 3.05) is 19.6 Å². The molecule has 0 bridgehead atoms. The van der Waals surface area contributed by atoms with E-state index >= 15 is 0 Å². The Labute approximate surface area is 164 Å². The van der Waals surface area contributed by atoms with Gasteiger partial charge in [0.15, 0.2) is 0 Å². The number of thiophene rings is 1. The minimum Gasteiger partial charge on any atom is -0.338 e. The van der Waals surface area contributed by atoms with Crippen LogP contribution in [0.25, 0.3) is 0 Å². The van der Waals surface area contributed by atoms with Gasteiger partial charge in [0.25, 0.3) is 5.91 Å². The Bertz CT molecular complexity index is 719. The van der Waals surface area contributed by atoms with Gasteiger partial charge in [-0.15, -0.1) is 23.1 Å². The molecule has 2 heterocycles. The van der Waals surface area contributed by atoms with E-state index in [0.29, 0.717) is 6.04 Å². The lowest BCUT2D eigenvalue weighted by molar-refractivity contribution is 0.0701. The molecule has 1 amide bonds. The molecule has 3 nitrogen and oxygen atoms in total. The summed E-state index contributed by atoms with van der Waals surface area (Å²) in [5, 5.41) is 5.79. The molecular weight excluding hydrogens is 360 g/mol. The normalized spacial score (nSPS) is 18.2. The Morgan fingerprint density at radius 2 is 1.92 bits per heavy atom. The lowest BCUT2D eigenvalue weighted by atomic mass is 10.0. The highest BCUT2D eigenvalue weighted by Crippen LogP contribution is 2.30. The van der Waals surface area contributed by atoms with Crippen LogP contribution in [0.4, 0.5) is 0 Å². The zero-order chi connectivity index (χ0) is 17.8. The molecule has 1 aliphatic heterocycles. The molecule has 0 radical (unpaired) electrons. The van der Waals surface area contributed by atoms with Gasteiger partial charge in [0, 0.05) is 34.7 Å². The Morgan fingerprint density at radius 1 is 1.12 bits per heavy atom.